The van der Waals surface area contributed by atoms with E-state index in [9.17, 15) is 9.59 Å². The molecule has 0 heterocycles. The second-order valence-electron chi connectivity index (χ2n) is 6.11. The molecule has 3 rings (SSSR count). The molecule has 0 bridgehead atoms. The number of nitrogens with one attached hydrogen (secondary N) is 1. The van der Waals surface area contributed by atoms with Gasteiger partial charge in [0.15, 0.2) is 0 Å². The van der Waals surface area contributed by atoms with Gasteiger partial charge in [0.1, 0.15) is 12.6 Å². The fraction of sp³-hybridized carbons (Fsp3) is 0.300. The minimum absolute atomic E-state index is 0.00972. The van der Waals surface area contributed by atoms with Crippen LogP contribution in [0, 0.1) is 0 Å². The van der Waals surface area contributed by atoms with Gasteiger partial charge in [0.05, 0.1) is 0 Å². The fourth-order valence-electron chi connectivity index (χ4n) is 3.26. The highest BCUT2D eigenvalue weighted by Crippen LogP contribution is 2.44. The lowest BCUT2D eigenvalue weighted by atomic mass is 9.98. The van der Waals surface area contributed by atoms with E-state index in [0.29, 0.717) is 6.42 Å². The van der Waals surface area contributed by atoms with E-state index in [0.717, 1.165) is 16.9 Å². The number of hydrogen-bond donors (Lipinski definition) is 1. The summed E-state index contributed by atoms with van der Waals surface area (Å²) in [7, 11) is 0. The zero-order valence-electron chi connectivity index (χ0n) is 14.4. The van der Waals surface area contributed by atoms with E-state index in [2.05, 4.69) is 29.6 Å². The van der Waals surface area contributed by atoms with Crippen LogP contribution in [0.4, 0.5) is 4.79 Å². The van der Waals surface area contributed by atoms with Crippen LogP contribution in [0.2, 0.25) is 0 Å². The smallest absolute Gasteiger partial charge is 0.407 e. The van der Waals surface area contributed by atoms with Crippen molar-refractivity contribution in [1.82, 2.24) is 5.32 Å². The van der Waals surface area contributed by atoms with Crippen molar-refractivity contribution in [3.63, 3.8) is 0 Å². The van der Waals surface area contributed by atoms with Crippen molar-refractivity contribution in [2.24, 2.45) is 0 Å². The Hall–Kier alpha value is -1.98. The van der Waals surface area contributed by atoms with Gasteiger partial charge in [0.25, 0.3) is 0 Å². The number of ether oxygens (including phenoxy) is 1. The first kappa shape index (κ1) is 18.8. The van der Waals surface area contributed by atoms with Gasteiger partial charge in [-0.15, -0.1) is 0 Å². The highest BCUT2D eigenvalue weighted by molar-refractivity contribution is 7.98. The second kappa shape index (κ2) is 8.60. The first-order valence-electron chi connectivity index (χ1n) is 8.41. The van der Waals surface area contributed by atoms with Crippen molar-refractivity contribution in [1.29, 1.82) is 0 Å². The van der Waals surface area contributed by atoms with Gasteiger partial charge in [-0.25, -0.2) is 4.79 Å². The van der Waals surface area contributed by atoms with Gasteiger partial charge >= 0.3 is 6.09 Å². The Morgan fingerprint density at radius 3 is 2.23 bits per heavy atom. The lowest BCUT2D eigenvalue weighted by Crippen LogP contribution is -2.40. The predicted molar refractivity (Wildman–Crippen MR) is 106 cm³/mol. The van der Waals surface area contributed by atoms with Crippen molar-refractivity contribution < 1.29 is 14.3 Å². The number of carbonyl (C=O) groups excluding carboxylic acids is 2. The van der Waals surface area contributed by atoms with Crippen molar-refractivity contribution in [2.75, 3.05) is 18.6 Å². The first-order chi connectivity index (χ1) is 12.6. The third-order valence-electron chi connectivity index (χ3n) is 4.52. The number of carbonyl (C=O) groups is 2. The van der Waals surface area contributed by atoms with Crippen LogP contribution in [0.3, 0.4) is 0 Å². The normalized spacial score (nSPS) is 13.6. The van der Waals surface area contributed by atoms with Gasteiger partial charge in [-0.1, -0.05) is 48.5 Å². The van der Waals surface area contributed by atoms with Crippen molar-refractivity contribution in [3.8, 4) is 11.1 Å². The Kier molecular flexibility index (Phi) is 6.22. The Morgan fingerprint density at radius 2 is 1.69 bits per heavy atom. The van der Waals surface area contributed by atoms with Crippen LogP contribution < -0.4 is 5.32 Å². The molecule has 0 unspecified atom stereocenters. The second-order valence-corrected chi connectivity index (χ2v) is 7.47. The molecule has 26 heavy (non-hydrogen) atoms. The van der Waals surface area contributed by atoms with E-state index in [-0.39, 0.29) is 12.5 Å². The number of hydrogen-bond acceptors (Lipinski definition) is 4. The minimum Gasteiger partial charge on any atom is -0.449 e. The van der Waals surface area contributed by atoms with Crippen LogP contribution in [0.25, 0.3) is 11.1 Å². The lowest BCUT2D eigenvalue weighted by molar-refractivity contribution is -0.113. The van der Waals surface area contributed by atoms with Crippen LogP contribution in [0.5, 0.6) is 0 Å². The van der Waals surface area contributed by atoms with Gasteiger partial charge in [-0.05, 0) is 52.3 Å². The first-order valence-corrected chi connectivity index (χ1v) is 10.2. The van der Waals surface area contributed by atoms with Gasteiger partial charge < -0.3 is 10.1 Å². The molecule has 1 aliphatic rings. The number of thioether (sulfide) groups is 1. The van der Waals surface area contributed by atoms with E-state index in [4.69, 9.17) is 16.3 Å². The molecule has 2 aromatic carbocycles. The average molecular weight is 390 g/mol. The summed E-state index contributed by atoms with van der Waals surface area (Å²) < 4.78 is 5.43. The van der Waals surface area contributed by atoms with Gasteiger partial charge in [-0.3, -0.25) is 4.79 Å². The molecule has 0 aliphatic heterocycles. The summed E-state index contributed by atoms with van der Waals surface area (Å²) in [6.45, 7) is 0.214. The number of benzene rings is 2. The quantitative estimate of drug-likeness (QED) is 0.712. The number of fused-ring (bicyclic) bond motifs is 3. The van der Waals surface area contributed by atoms with Crippen LogP contribution in [0.15, 0.2) is 48.5 Å². The van der Waals surface area contributed by atoms with Crippen LogP contribution in [-0.4, -0.2) is 36.0 Å². The highest BCUT2D eigenvalue weighted by atomic mass is 35.5. The summed E-state index contributed by atoms with van der Waals surface area (Å²) in [5, 5.41) is 1.99. The Morgan fingerprint density at radius 1 is 1.12 bits per heavy atom. The Labute approximate surface area is 162 Å². The monoisotopic (exact) mass is 389 g/mol. The molecule has 136 valence electrons. The Bertz CT molecular complexity index is 766. The number of halogens is 1. The van der Waals surface area contributed by atoms with Gasteiger partial charge in [0, 0.05) is 5.92 Å². The van der Waals surface area contributed by atoms with E-state index in [1.165, 1.54) is 11.1 Å². The molecule has 4 nitrogen and oxygen atoms in total. The van der Waals surface area contributed by atoms with Crippen molar-refractivity contribution in [2.45, 2.75) is 18.4 Å². The van der Waals surface area contributed by atoms with Crippen LogP contribution >= 0.6 is 23.4 Å². The molecule has 0 aromatic heterocycles. The lowest BCUT2D eigenvalue weighted by Gasteiger charge is -2.17. The largest absolute Gasteiger partial charge is 0.449 e. The van der Waals surface area contributed by atoms with Crippen LogP contribution in [-0.2, 0) is 9.53 Å². The molecular formula is C20H20ClNO3S. The van der Waals surface area contributed by atoms with Crippen molar-refractivity contribution >= 4 is 34.7 Å². The summed E-state index contributed by atoms with van der Waals surface area (Å²) in [4.78, 5) is 23.6. The molecule has 0 spiro atoms. The molecular weight excluding hydrogens is 370 g/mol. The number of rotatable bonds is 7. The van der Waals surface area contributed by atoms with Gasteiger partial charge in [-0.2, -0.15) is 11.8 Å². The number of amides is 1. The Balaban J connectivity index is 1.68. The molecule has 1 amide bonds. The molecule has 1 N–H and O–H groups in total. The summed E-state index contributed by atoms with van der Waals surface area (Å²) in [6.07, 6.45) is 1.79. The molecule has 1 aliphatic carbocycles. The number of alkyl carbamates (subject to hydrolysis) is 1. The maximum Gasteiger partial charge on any atom is 0.407 e. The molecule has 2 aromatic rings. The van der Waals surface area contributed by atoms with E-state index in [1.54, 1.807) is 11.8 Å². The fourth-order valence-corrected chi connectivity index (χ4v) is 3.90. The third-order valence-corrected chi connectivity index (χ3v) is 5.43. The summed E-state index contributed by atoms with van der Waals surface area (Å²) in [5.74, 6) is 0.719. The van der Waals surface area contributed by atoms with E-state index < -0.39 is 17.4 Å². The van der Waals surface area contributed by atoms with E-state index >= 15 is 0 Å². The molecule has 1 atom stereocenters. The topological polar surface area (TPSA) is 55.4 Å². The summed E-state index contributed by atoms with van der Waals surface area (Å²) in [6, 6.07) is 15.6. The SMILES string of the molecule is CSCC[C@H](NC(=O)OCC1c2ccccc2-c2ccccc21)C(=O)Cl. The zero-order chi connectivity index (χ0) is 18.5. The van der Waals surface area contributed by atoms with Crippen LogP contribution in [0.1, 0.15) is 23.5 Å². The summed E-state index contributed by atoms with van der Waals surface area (Å²) in [5.41, 5.74) is 4.64. The standard InChI is InChI=1S/C20H20ClNO3S/c1-26-11-10-18(19(21)23)22-20(24)25-12-17-15-8-4-2-6-13(15)14-7-3-5-9-16(14)17/h2-9,17-18H,10-12H2,1H3,(H,22,24)/t18-/m0/s1. The minimum atomic E-state index is -0.722. The molecule has 0 radical (unpaired) electrons. The predicted octanol–water partition coefficient (Wildman–Crippen LogP) is 4.41. The third kappa shape index (κ3) is 4.05. The highest BCUT2D eigenvalue weighted by Gasteiger charge is 2.29. The molecule has 0 saturated heterocycles. The molecule has 0 saturated carbocycles. The van der Waals surface area contributed by atoms with E-state index in [1.807, 2.05) is 30.5 Å². The molecule has 0 fully saturated rings. The van der Waals surface area contributed by atoms with Gasteiger partial charge in [0.2, 0.25) is 5.24 Å². The molecule has 6 heteroatoms. The average Bonchev–Trinajstić information content (AvgIpc) is 2.97. The van der Waals surface area contributed by atoms with Crippen molar-refractivity contribution in [3.05, 3.63) is 59.7 Å². The maximum absolute atomic E-state index is 12.2. The summed E-state index contributed by atoms with van der Waals surface area (Å²) >= 11 is 7.16. The zero-order valence-corrected chi connectivity index (χ0v) is 16.0. The maximum atomic E-state index is 12.2.